The van der Waals surface area contributed by atoms with E-state index in [1.54, 1.807) is 0 Å². The summed E-state index contributed by atoms with van der Waals surface area (Å²) in [4.78, 5) is 17.7. The van der Waals surface area contributed by atoms with Crippen LogP contribution < -0.4 is 5.32 Å². The molecule has 0 aromatic rings. The second kappa shape index (κ2) is 9.05. The standard InChI is InChI=1S/C22H39N3O/c26-22(25-16-6-10-19-8-2-4-12-21(19)25)13-14-23-17-24-15-5-9-18-7-1-3-11-20(18)24/h18-21,23H,1-17H2. The van der Waals surface area contributed by atoms with Crippen LogP contribution in [0, 0.1) is 11.8 Å². The van der Waals surface area contributed by atoms with Crippen molar-refractivity contribution in [1.82, 2.24) is 15.1 Å². The minimum atomic E-state index is 0.406. The number of nitrogens with one attached hydrogen (secondary N) is 1. The van der Waals surface area contributed by atoms with Crippen molar-refractivity contribution in [3.63, 3.8) is 0 Å². The third-order valence-electron chi connectivity index (χ3n) is 7.75. The maximum absolute atomic E-state index is 12.8. The Morgan fingerprint density at radius 1 is 0.769 bits per heavy atom. The highest BCUT2D eigenvalue weighted by atomic mass is 16.2. The third-order valence-corrected chi connectivity index (χ3v) is 7.75. The molecule has 4 rings (SSSR count). The van der Waals surface area contributed by atoms with Crippen molar-refractivity contribution in [2.75, 3.05) is 26.3 Å². The zero-order valence-corrected chi connectivity index (χ0v) is 16.6. The molecule has 0 spiro atoms. The predicted molar refractivity (Wildman–Crippen MR) is 106 cm³/mol. The molecule has 2 aliphatic heterocycles. The first-order valence-corrected chi connectivity index (χ1v) is 11.6. The van der Waals surface area contributed by atoms with E-state index in [0.29, 0.717) is 18.4 Å². The SMILES string of the molecule is O=C(CCNCN1CCCC2CCCCC21)N1CCCC2CCCCC21. The Labute approximate surface area is 160 Å². The van der Waals surface area contributed by atoms with Crippen LogP contribution in [-0.4, -0.2) is 54.1 Å². The number of carbonyl (C=O) groups excluding carboxylic acids is 1. The van der Waals surface area contributed by atoms with E-state index in [2.05, 4.69) is 15.1 Å². The van der Waals surface area contributed by atoms with Gasteiger partial charge in [0.25, 0.3) is 0 Å². The molecule has 148 valence electrons. The highest BCUT2D eigenvalue weighted by molar-refractivity contribution is 5.76. The van der Waals surface area contributed by atoms with E-state index < -0.39 is 0 Å². The quantitative estimate of drug-likeness (QED) is 0.757. The van der Waals surface area contributed by atoms with Gasteiger partial charge in [-0.2, -0.15) is 0 Å². The van der Waals surface area contributed by atoms with E-state index in [1.807, 2.05) is 0 Å². The minimum Gasteiger partial charge on any atom is -0.339 e. The van der Waals surface area contributed by atoms with Crippen LogP contribution in [0.4, 0.5) is 0 Å². The number of likely N-dealkylation sites (tertiary alicyclic amines) is 2. The van der Waals surface area contributed by atoms with E-state index in [9.17, 15) is 4.79 Å². The molecule has 0 bridgehead atoms. The number of hydrogen-bond donors (Lipinski definition) is 1. The summed E-state index contributed by atoms with van der Waals surface area (Å²) in [5.41, 5.74) is 0. The zero-order valence-electron chi connectivity index (χ0n) is 16.6. The van der Waals surface area contributed by atoms with E-state index in [4.69, 9.17) is 0 Å². The fourth-order valence-corrected chi connectivity index (χ4v) is 6.42. The van der Waals surface area contributed by atoms with Crippen LogP contribution in [0.15, 0.2) is 0 Å². The fraction of sp³-hybridized carbons (Fsp3) is 0.955. The summed E-state index contributed by atoms with van der Waals surface area (Å²) in [6, 6.07) is 1.38. The molecular weight excluding hydrogens is 322 g/mol. The van der Waals surface area contributed by atoms with Gasteiger partial charge in [0.2, 0.25) is 5.91 Å². The number of nitrogens with zero attached hydrogens (tertiary/aromatic N) is 2. The Hall–Kier alpha value is -0.610. The van der Waals surface area contributed by atoms with Crippen molar-refractivity contribution in [3.05, 3.63) is 0 Å². The van der Waals surface area contributed by atoms with Gasteiger partial charge in [-0.3, -0.25) is 9.69 Å². The van der Waals surface area contributed by atoms with Crippen molar-refractivity contribution >= 4 is 5.91 Å². The Balaban J connectivity index is 1.20. The molecular formula is C22H39N3O. The first-order chi connectivity index (χ1) is 12.8. The van der Waals surface area contributed by atoms with Crippen molar-refractivity contribution in [3.8, 4) is 0 Å². The predicted octanol–water partition coefficient (Wildman–Crippen LogP) is 3.76. The van der Waals surface area contributed by atoms with Gasteiger partial charge in [0.05, 0.1) is 0 Å². The average molecular weight is 362 g/mol. The van der Waals surface area contributed by atoms with E-state index in [1.165, 1.54) is 83.6 Å². The van der Waals surface area contributed by atoms with E-state index in [0.717, 1.165) is 37.6 Å². The smallest absolute Gasteiger partial charge is 0.224 e. The maximum Gasteiger partial charge on any atom is 0.224 e. The molecule has 1 N–H and O–H groups in total. The topological polar surface area (TPSA) is 35.6 Å². The van der Waals surface area contributed by atoms with E-state index in [-0.39, 0.29) is 0 Å². The molecule has 0 radical (unpaired) electrons. The third kappa shape index (κ3) is 4.27. The Bertz CT molecular complexity index is 464. The highest BCUT2D eigenvalue weighted by Gasteiger charge is 2.35. The molecule has 2 heterocycles. The molecule has 2 aliphatic carbocycles. The Morgan fingerprint density at radius 2 is 1.38 bits per heavy atom. The molecule has 26 heavy (non-hydrogen) atoms. The number of rotatable bonds is 5. The Morgan fingerprint density at radius 3 is 2.19 bits per heavy atom. The van der Waals surface area contributed by atoms with Crippen molar-refractivity contribution in [2.24, 2.45) is 11.8 Å². The summed E-state index contributed by atoms with van der Waals surface area (Å²) >= 11 is 0. The zero-order chi connectivity index (χ0) is 17.8. The number of amides is 1. The van der Waals surface area contributed by atoms with Crippen LogP contribution in [0.3, 0.4) is 0 Å². The van der Waals surface area contributed by atoms with Crippen LogP contribution in [0.5, 0.6) is 0 Å². The summed E-state index contributed by atoms with van der Waals surface area (Å²) in [7, 11) is 0. The molecule has 4 nitrogen and oxygen atoms in total. The minimum absolute atomic E-state index is 0.406. The lowest BCUT2D eigenvalue weighted by Gasteiger charge is -2.44. The summed E-state index contributed by atoms with van der Waals surface area (Å²) in [6.07, 6.45) is 17.0. The van der Waals surface area contributed by atoms with Crippen molar-refractivity contribution < 1.29 is 4.79 Å². The Kier molecular flexibility index (Phi) is 6.53. The lowest BCUT2D eigenvalue weighted by Crippen LogP contribution is -2.51. The molecule has 0 aromatic carbocycles. The maximum atomic E-state index is 12.8. The molecule has 1 amide bonds. The molecule has 2 saturated heterocycles. The molecule has 4 aliphatic rings. The van der Waals surface area contributed by atoms with Gasteiger partial charge in [-0.25, -0.2) is 0 Å². The van der Waals surface area contributed by atoms with Crippen LogP contribution in [0.1, 0.15) is 83.5 Å². The van der Waals surface area contributed by atoms with Crippen LogP contribution in [-0.2, 0) is 4.79 Å². The van der Waals surface area contributed by atoms with Gasteiger partial charge >= 0.3 is 0 Å². The first kappa shape index (κ1) is 18.7. The summed E-state index contributed by atoms with van der Waals surface area (Å²) in [5, 5.41) is 3.61. The summed E-state index contributed by atoms with van der Waals surface area (Å²) in [5.74, 6) is 2.15. The van der Waals surface area contributed by atoms with Crippen molar-refractivity contribution in [2.45, 2.75) is 95.6 Å². The number of hydrogen-bond acceptors (Lipinski definition) is 3. The highest BCUT2D eigenvalue weighted by Crippen LogP contribution is 2.36. The summed E-state index contributed by atoms with van der Waals surface area (Å²) in [6.45, 7) is 4.09. The second-order valence-corrected chi connectivity index (χ2v) is 9.32. The average Bonchev–Trinajstić information content (AvgIpc) is 2.70. The van der Waals surface area contributed by atoms with E-state index >= 15 is 0 Å². The van der Waals surface area contributed by atoms with Crippen LogP contribution >= 0.6 is 0 Å². The normalized spacial score (nSPS) is 35.6. The second-order valence-electron chi connectivity index (χ2n) is 9.32. The molecule has 2 saturated carbocycles. The number of piperidine rings is 2. The lowest BCUT2D eigenvalue weighted by atomic mass is 9.78. The van der Waals surface area contributed by atoms with Crippen LogP contribution in [0.2, 0.25) is 0 Å². The molecule has 4 heteroatoms. The van der Waals surface area contributed by atoms with Gasteiger partial charge in [-0.1, -0.05) is 25.7 Å². The monoisotopic (exact) mass is 361 g/mol. The molecule has 4 fully saturated rings. The largest absolute Gasteiger partial charge is 0.339 e. The first-order valence-electron chi connectivity index (χ1n) is 11.6. The number of fused-ring (bicyclic) bond motifs is 2. The summed E-state index contributed by atoms with van der Waals surface area (Å²) < 4.78 is 0. The number of carbonyl (C=O) groups is 1. The van der Waals surface area contributed by atoms with Gasteiger partial charge in [0.15, 0.2) is 0 Å². The van der Waals surface area contributed by atoms with Gasteiger partial charge in [0.1, 0.15) is 0 Å². The van der Waals surface area contributed by atoms with Gasteiger partial charge < -0.3 is 10.2 Å². The molecule has 4 atom stereocenters. The van der Waals surface area contributed by atoms with Gasteiger partial charge in [-0.05, 0) is 69.7 Å². The van der Waals surface area contributed by atoms with Crippen molar-refractivity contribution in [1.29, 1.82) is 0 Å². The van der Waals surface area contributed by atoms with Gasteiger partial charge in [-0.15, -0.1) is 0 Å². The van der Waals surface area contributed by atoms with Crippen LogP contribution in [0.25, 0.3) is 0 Å². The molecule has 0 aromatic heterocycles. The van der Waals surface area contributed by atoms with Gasteiger partial charge in [0, 0.05) is 38.3 Å². The molecule has 4 unspecified atom stereocenters. The lowest BCUT2D eigenvalue weighted by molar-refractivity contribution is -0.137. The fourth-order valence-electron chi connectivity index (χ4n) is 6.42.